The van der Waals surface area contributed by atoms with E-state index in [-0.39, 0.29) is 5.91 Å². The quantitative estimate of drug-likeness (QED) is 0.229. The van der Waals surface area contributed by atoms with Crippen LogP contribution in [0.25, 0.3) is 0 Å². The maximum Gasteiger partial charge on any atom is 0.413 e. The monoisotopic (exact) mass is 496 g/mol. The highest BCUT2D eigenvalue weighted by molar-refractivity contribution is 6.04. The lowest BCUT2D eigenvalue weighted by atomic mass is 10.1. The summed E-state index contributed by atoms with van der Waals surface area (Å²) in [6.45, 7) is 5.38. The van der Waals surface area contributed by atoms with Gasteiger partial charge in [0.25, 0.3) is 5.91 Å². The van der Waals surface area contributed by atoms with Crippen LogP contribution in [-0.4, -0.2) is 27.6 Å². The Kier molecular flexibility index (Phi) is 7.63. The Bertz CT molecular complexity index is 1370. The average Bonchev–Trinajstić information content (AvgIpc) is 2.84. The van der Waals surface area contributed by atoms with Crippen molar-refractivity contribution in [1.29, 1.82) is 0 Å². The van der Waals surface area contributed by atoms with E-state index >= 15 is 0 Å². The average molecular weight is 497 g/mol. The highest BCUT2D eigenvalue weighted by Crippen LogP contribution is 2.22. The van der Waals surface area contributed by atoms with Gasteiger partial charge >= 0.3 is 6.09 Å². The molecule has 2 aromatic carbocycles. The van der Waals surface area contributed by atoms with Crippen LogP contribution in [0.1, 0.15) is 31.1 Å². The number of nitrogens with one attached hydrogen (secondary N) is 4. The third kappa shape index (κ3) is 7.79. The Morgan fingerprint density at radius 3 is 2.03 bits per heavy atom. The molecule has 2 amide bonds. The Morgan fingerprint density at radius 2 is 1.32 bits per heavy atom. The fourth-order valence-electron chi connectivity index (χ4n) is 3.34. The van der Waals surface area contributed by atoms with Crippen molar-refractivity contribution in [2.24, 2.45) is 0 Å². The van der Waals surface area contributed by atoms with Gasteiger partial charge in [-0.25, -0.2) is 9.78 Å². The lowest BCUT2D eigenvalue weighted by Gasteiger charge is -2.19. The number of hydrogen-bond acceptors (Lipinski definition) is 7. The fraction of sp³-hybridized carbons (Fsp3) is 0.143. The van der Waals surface area contributed by atoms with Gasteiger partial charge in [-0.15, -0.1) is 0 Å². The molecule has 4 rings (SSSR count). The number of carbonyl (C=O) groups is 2. The van der Waals surface area contributed by atoms with Crippen LogP contribution in [-0.2, 0) is 4.74 Å². The summed E-state index contributed by atoms with van der Waals surface area (Å²) in [5.41, 5.74) is 3.83. The van der Waals surface area contributed by atoms with Crippen LogP contribution in [0.3, 0.4) is 0 Å². The van der Waals surface area contributed by atoms with E-state index in [9.17, 15) is 9.59 Å². The minimum Gasteiger partial charge on any atom is -0.444 e. The maximum atomic E-state index is 12.8. The third-order valence-corrected chi connectivity index (χ3v) is 4.91. The van der Waals surface area contributed by atoms with Crippen molar-refractivity contribution in [2.45, 2.75) is 26.4 Å². The van der Waals surface area contributed by atoms with E-state index < -0.39 is 11.7 Å². The number of nitrogens with zero attached hydrogens (tertiary/aromatic N) is 2. The number of ether oxygens (including phenoxy) is 1. The molecule has 0 atom stereocenters. The van der Waals surface area contributed by atoms with Crippen molar-refractivity contribution < 1.29 is 14.3 Å². The summed E-state index contributed by atoms with van der Waals surface area (Å²) in [6, 6.07) is 21.8. The van der Waals surface area contributed by atoms with Crippen LogP contribution in [0, 0.1) is 0 Å². The van der Waals surface area contributed by atoms with Gasteiger partial charge in [0.1, 0.15) is 11.4 Å². The van der Waals surface area contributed by atoms with Gasteiger partial charge in [-0.1, -0.05) is 6.07 Å². The molecule has 188 valence electrons. The zero-order chi connectivity index (χ0) is 26.3. The molecule has 2 heterocycles. The highest BCUT2D eigenvalue weighted by atomic mass is 16.6. The second kappa shape index (κ2) is 11.2. The highest BCUT2D eigenvalue weighted by Gasteiger charge is 2.16. The van der Waals surface area contributed by atoms with Crippen LogP contribution in [0.5, 0.6) is 0 Å². The summed E-state index contributed by atoms with van der Waals surface area (Å²) in [4.78, 5) is 32.9. The van der Waals surface area contributed by atoms with Gasteiger partial charge in [0.05, 0.1) is 0 Å². The van der Waals surface area contributed by atoms with E-state index in [0.29, 0.717) is 17.1 Å². The Labute approximate surface area is 215 Å². The Balaban J connectivity index is 1.35. The van der Waals surface area contributed by atoms with Crippen LogP contribution in [0.15, 0.2) is 91.4 Å². The van der Waals surface area contributed by atoms with Crippen molar-refractivity contribution in [2.75, 3.05) is 21.3 Å². The summed E-state index contributed by atoms with van der Waals surface area (Å²) in [5, 5.41) is 12.1. The lowest BCUT2D eigenvalue weighted by Crippen LogP contribution is -2.27. The van der Waals surface area contributed by atoms with E-state index in [4.69, 9.17) is 4.74 Å². The van der Waals surface area contributed by atoms with E-state index in [1.165, 1.54) is 0 Å². The standard InChI is InChI=1S/C28H28N6O3/c1-28(2,3)37-27(36)34-25-18-24(13-16-30-25)31-20-9-7-19(8-10-20)26(35)33-23-6-4-5-22(17-23)32-21-11-14-29-15-12-21/h4-18H,1-3H3,(H,29,32)(H,33,35)(H2,30,31,34,36). The van der Waals surface area contributed by atoms with Crippen molar-refractivity contribution in [1.82, 2.24) is 9.97 Å². The van der Waals surface area contributed by atoms with E-state index in [0.717, 1.165) is 22.7 Å². The largest absolute Gasteiger partial charge is 0.444 e. The molecular weight excluding hydrogens is 468 g/mol. The zero-order valence-electron chi connectivity index (χ0n) is 20.8. The summed E-state index contributed by atoms with van der Waals surface area (Å²) in [6.07, 6.45) is 4.42. The molecule has 37 heavy (non-hydrogen) atoms. The number of rotatable bonds is 7. The molecule has 0 aliphatic rings. The van der Waals surface area contributed by atoms with Crippen molar-refractivity contribution in [3.05, 3.63) is 97.0 Å². The SMILES string of the molecule is CC(C)(C)OC(=O)Nc1cc(Nc2ccc(C(=O)Nc3cccc(Nc4ccncc4)c3)cc2)ccn1. The summed E-state index contributed by atoms with van der Waals surface area (Å²) >= 11 is 0. The molecule has 2 aromatic heterocycles. The number of hydrogen-bond donors (Lipinski definition) is 4. The first-order chi connectivity index (χ1) is 17.7. The first-order valence-corrected chi connectivity index (χ1v) is 11.7. The first kappa shape index (κ1) is 25.2. The molecule has 4 N–H and O–H groups in total. The van der Waals surface area contributed by atoms with Crippen LogP contribution in [0.2, 0.25) is 0 Å². The number of carbonyl (C=O) groups excluding carboxylic acids is 2. The number of amides is 2. The summed E-state index contributed by atoms with van der Waals surface area (Å²) < 4.78 is 5.26. The fourth-order valence-corrected chi connectivity index (χ4v) is 3.34. The second-order valence-corrected chi connectivity index (χ2v) is 9.15. The van der Waals surface area contributed by atoms with Crippen LogP contribution < -0.4 is 21.3 Å². The van der Waals surface area contributed by atoms with Crippen LogP contribution >= 0.6 is 0 Å². The number of anilines is 6. The molecule has 0 spiro atoms. The van der Waals surface area contributed by atoms with E-state index in [1.807, 2.05) is 36.4 Å². The molecular formula is C28H28N6O3. The Hall–Kier alpha value is -4.92. The minimum absolute atomic E-state index is 0.222. The summed E-state index contributed by atoms with van der Waals surface area (Å²) in [5.74, 6) is 0.135. The van der Waals surface area contributed by atoms with Gasteiger partial charge in [0.15, 0.2) is 0 Å². The van der Waals surface area contributed by atoms with E-state index in [2.05, 4.69) is 31.2 Å². The van der Waals surface area contributed by atoms with Crippen molar-refractivity contribution >= 4 is 46.3 Å². The number of pyridine rings is 2. The topological polar surface area (TPSA) is 117 Å². The number of aromatic nitrogens is 2. The molecule has 0 saturated heterocycles. The molecule has 0 radical (unpaired) electrons. The molecule has 0 aliphatic heterocycles. The zero-order valence-corrected chi connectivity index (χ0v) is 20.8. The van der Waals surface area contributed by atoms with Crippen LogP contribution in [0.4, 0.5) is 39.0 Å². The van der Waals surface area contributed by atoms with Crippen molar-refractivity contribution in [3.63, 3.8) is 0 Å². The van der Waals surface area contributed by atoms with E-state index in [1.54, 1.807) is 75.8 Å². The first-order valence-electron chi connectivity index (χ1n) is 11.7. The van der Waals surface area contributed by atoms with Gasteiger partial charge in [-0.3, -0.25) is 15.1 Å². The molecule has 0 fully saturated rings. The van der Waals surface area contributed by atoms with Gasteiger partial charge in [-0.2, -0.15) is 0 Å². The predicted molar refractivity (Wildman–Crippen MR) is 146 cm³/mol. The smallest absolute Gasteiger partial charge is 0.413 e. The van der Waals surface area contributed by atoms with Gasteiger partial charge in [-0.05, 0) is 81.4 Å². The maximum absolute atomic E-state index is 12.8. The molecule has 9 nitrogen and oxygen atoms in total. The van der Waals surface area contributed by atoms with Gasteiger partial charge in [0, 0.05) is 58.7 Å². The minimum atomic E-state index is -0.603. The van der Waals surface area contributed by atoms with Gasteiger partial charge in [0.2, 0.25) is 0 Å². The summed E-state index contributed by atoms with van der Waals surface area (Å²) in [7, 11) is 0. The molecule has 9 heteroatoms. The van der Waals surface area contributed by atoms with Gasteiger partial charge < -0.3 is 20.7 Å². The molecule has 0 bridgehead atoms. The normalized spacial score (nSPS) is 10.8. The Morgan fingerprint density at radius 1 is 0.703 bits per heavy atom. The molecule has 0 unspecified atom stereocenters. The molecule has 0 saturated carbocycles. The third-order valence-electron chi connectivity index (χ3n) is 4.91. The lowest BCUT2D eigenvalue weighted by molar-refractivity contribution is 0.0635. The predicted octanol–water partition coefficient (Wildman–Crippen LogP) is 6.56. The van der Waals surface area contributed by atoms with Crippen molar-refractivity contribution in [3.8, 4) is 0 Å². The molecule has 0 aliphatic carbocycles. The number of benzene rings is 2. The molecule has 4 aromatic rings. The second-order valence-electron chi connectivity index (χ2n) is 9.15.